The topological polar surface area (TPSA) is 79.8 Å². The van der Waals surface area contributed by atoms with Crippen molar-refractivity contribution in [3.05, 3.63) is 47.7 Å². The number of anilines is 2. The van der Waals surface area contributed by atoms with Gasteiger partial charge >= 0.3 is 0 Å². The van der Waals surface area contributed by atoms with E-state index in [0.717, 1.165) is 31.9 Å². The lowest BCUT2D eigenvalue weighted by Gasteiger charge is -2.29. The molecule has 0 radical (unpaired) electrons. The van der Waals surface area contributed by atoms with Crippen LogP contribution >= 0.6 is 0 Å². The van der Waals surface area contributed by atoms with Crippen LogP contribution in [0.5, 0.6) is 0 Å². The smallest absolute Gasteiger partial charge is 0.270 e. The number of amides is 1. The molecule has 1 aromatic carbocycles. The van der Waals surface area contributed by atoms with E-state index in [-0.39, 0.29) is 5.91 Å². The predicted octanol–water partition coefficient (Wildman–Crippen LogP) is 1.37. The number of carbonyl (C=O) groups excluding carboxylic acids is 1. The van der Waals surface area contributed by atoms with E-state index in [9.17, 15) is 4.79 Å². The number of ether oxygens (including phenoxy) is 2. The van der Waals surface area contributed by atoms with Crippen LogP contribution in [-0.2, 0) is 15.9 Å². The molecule has 1 N–H and O–H groups in total. The highest BCUT2D eigenvalue weighted by atomic mass is 16.5. The predicted molar refractivity (Wildman–Crippen MR) is 113 cm³/mol. The van der Waals surface area contributed by atoms with Crippen molar-refractivity contribution in [1.29, 1.82) is 0 Å². The standard InChI is InChI=1S/C21H29N5O3/c1-25(10-8-17-6-4-3-5-7-17)21-23-18(20(27)22-9-13-28-2)16-19(24-21)26-11-14-29-15-12-26/h3-7,16H,8-15H2,1-2H3,(H,22,27). The molecular formula is C21H29N5O3. The summed E-state index contributed by atoms with van der Waals surface area (Å²) in [5.41, 5.74) is 1.61. The van der Waals surface area contributed by atoms with Crippen molar-refractivity contribution >= 4 is 17.7 Å². The first kappa shape index (κ1) is 21.0. The molecule has 1 aromatic heterocycles. The first-order valence-electron chi connectivity index (χ1n) is 9.91. The Morgan fingerprint density at radius 2 is 2.00 bits per heavy atom. The molecule has 1 aliphatic heterocycles. The van der Waals surface area contributed by atoms with Crippen molar-refractivity contribution in [2.24, 2.45) is 0 Å². The van der Waals surface area contributed by atoms with E-state index in [1.807, 2.05) is 30.1 Å². The second-order valence-electron chi connectivity index (χ2n) is 6.92. The third-order valence-corrected chi connectivity index (χ3v) is 4.78. The number of benzene rings is 1. The Kier molecular flexibility index (Phi) is 7.77. The summed E-state index contributed by atoms with van der Waals surface area (Å²) in [7, 11) is 3.56. The summed E-state index contributed by atoms with van der Waals surface area (Å²) in [5, 5.41) is 2.84. The fourth-order valence-corrected chi connectivity index (χ4v) is 3.06. The van der Waals surface area contributed by atoms with Crippen molar-refractivity contribution in [3.63, 3.8) is 0 Å². The van der Waals surface area contributed by atoms with Crippen LogP contribution in [0.25, 0.3) is 0 Å². The Balaban J connectivity index is 1.77. The SMILES string of the molecule is COCCNC(=O)c1cc(N2CCOCC2)nc(N(C)CCc2ccccc2)n1. The van der Waals surface area contributed by atoms with Crippen LogP contribution in [0.2, 0.25) is 0 Å². The van der Waals surface area contributed by atoms with E-state index in [0.29, 0.717) is 38.0 Å². The lowest BCUT2D eigenvalue weighted by Crippen LogP contribution is -2.38. The molecule has 156 valence electrons. The normalized spacial score (nSPS) is 13.9. The number of likely N-dealkylation sites (N-methyl/N-ethyl adjacent to an activating group) is 1. The van der Waals surface area contributed by atoms with Crippen LogP contribution in [0.1, 0.15) is 16.1 Å². The molecular weight excluding hydrogens is 370 g/mol. The number of methoxy groups -OCH3 is 1. The first-order chi connectivity index (χ1) is 14.2. The molecule has 0 atom stereocenters. The van der Waals surface area contributed by atoms with Crippen molar-refractivity contribution in [3.8, 4) is 0 Å². The monoisotopic (exact) mass is 399 g/mol. The van der Waals surface area contributed by atoms with E-state index < -0.39 is 0 Å². The van der Waals surface area contributed by atoms with Gasteiger partial charge in [0.05, 0.1) is 19.8 Å². The van der Waals surface area contributed by atoms with Gasteiger partial charge in [0.15, 0.2) is 0 Å². The van der Waals surface area contributed by atoms with Crippen LogP contribution < -0.4 is 15.1 Å². The summed E-state index contributed by atoms with van der Waals surface area (Å²) in [6, 6.07) is 12.0. The minimum atomic E-state index is -0.225. The summed E-state index contributed by atoms with van der Waals surface area (Å²) >= 11 is 0. The Labute approximate surface area is 171 Å². The van der Waals surface area contributed by atoms with Gasteiger partial charge in [-0.1, -0.05) is 30.3 Å². The largest absolute Gasteiger partial charge is 0.383 e. The van der Waals surface area contributed by atoms with Crippen LogP contribution in [-0.4, -0.2) is 76.0 Å². The third-order valence-electron chi connectivity index (χ3n) is 4.78. The highest BCUT2D eigenvalue weighted by Gasteiger charge is 2.19. The lowest BCUT2D eigenvalue weighted by molar-refractivity contribution is 0.0932. The van der Waals surface area contributed by atoms with Crippen molar-refractivity contribution in [1.82, 2.24) is 15.3 Å². The summed E-state index contributed by atoms with van der Waals surface area (Å²) in [5.74, 6) is 1.07. The molecule has 1 amide bonds. The molecule has 8 nitrogen and oxygen atoms in total. The molecule has 8 heteroatoms. The molecule has 1 aliphatic rings. The minimum Gasteiger partial charge on any atom is -0.383 e. The maximum absolute atomic E-state index is 12.6. The Bertz CT molecular complexity index is 781. The number of rotatable bonds is 9. The molecule has 1 fully saturated rings. The number of morpholine rings is 1. The average Bonchev–Trinajstić information content (AvgIpc) is 2.78. The highest BCUT2D eigenvalue weighted by Crippen LogP contribution is 2.19. The van der Waals surface area contributed by atoms with Gasteiger partial charge in [0.1, 0.15) is 11.5 Å². The fraction of sp³-hybridized carbons (Fsp3) is 0.476. The number of hydrogen-bond acceptors (Lipinski definition) is 7. The summed E-state index contributed by atoms with van der Waals surface area (Å²) in [6.45, 7) is 4.44. The van der Waals surface area contributed by atoms with Crippen molar-refractivity contribution in [2.75, 3.05) is 70.0 Å². The van der Waals surface area contributed by atoms with Gasteiger partial charge in [0.2, 0.25) is 5.95 Å². The lowest BCUT2D eigenvalue weighted by atomic mass is 10.1. The number of nitrogens with one attached hydrogen (secondary N) is 1. The van der Waals surface area contributed by atoms with Crippen molar-refractivity contribution < 1.29 is 14.3 Å². The molecule has 0 unspecified atom stereocenters. The molecule has 1 saturated heterocycles. The van der Waals surface area contributed by atoms with Crippen LogP contribution in [0.15, 0.2) is 36.4 Å². The van der Waals surface area contributed by atoms with E-state index in [4.69, 9.17) is 14.5 Å². The maximum atomic E-state index is 12.6. The Hall–Kier alpha value is -2.71. The number of hydrogen-bond donors (Lipinski definition) is 1. The second-order valence-corrected chi connectivity index (χ2v) is 6.92. The zero-order valence-electron chi connectivity index (χ0n) is 17.1. The third kappa shape index (κ3) is 6.13. The summed E-state index contributed by atoms with van der Waals surface area (Å²) in [4.78, 5) is 26.0. The van der Waals surface area contributed by atoms with Crippen LogP contribution in [0.3, 0.4) is 0 Å². The van der Waals surface area contributed by atoms with Gasteiger partial charge in [-0.3, -0.25) is 4.79 Å². The first-order valence-corrected chi connectivity index (χ1v) is 9.91. The van der Waals surface area contributed by atoms with Gasteiger partial charge < -0.3 is 24.6 Å². The quantitative estimate of drug-likeness (QED) is 0.638. The molecule has 0 aliphatic carbocycles. The van der Waals surface area contributed by atoms with Crippen LogP contribution in [0, 0.1) is 0 Å². The fourth-order valence-electron chi connectivity index (χ4n) is 3.06. The maximum Gasteiger partial charge on any atom is 0.270 e. The minimum absolute atomic E-state index is 0.225. The average molecular weight is 399 g/mol. The van der Waals surface area contributed by atoms with Gasteiger partial charge in [-0.25, -0.2) is 4.98 Å². The van der Waals surface area contributed by atoms with Gasteiger partial charge in [-0.2, -0.15) is 4.98 Å². The van der Waals surface area contributed by atoms with Crippen molar-refractivity contribution in [2.45, 2.75) is 6.42 Å². The zero-order chi connectivity index (χ0) is 20.5. The van der Waals surface area contributed by atoms with E-state index in [2.05, 4.69) is 27.3 Å². The molecule has 29 heavy (non-hydrogen) atoms. The van der Waals surface area contributed by atoms with E-state index in [1.165, 1.54) is 5.56 Å². The Morgan fingerprint density at radius 3 is 2.72 bits per heavy atom. The molecule has 2 heterocycles. The molecule has 2 aromatic rings. The van der Waals surface area contributed by atoms with Gasteiger partial charge in [0, 0.05) is 46.4 Å². The zero-order valence-corrected chi connectivity index (χ0v) is 17.1. The number of nitrogens with zero attached hydrogens (tertiary/aromatic N) is 4. The number of aromatic nitrogens is 2. The molecule has 0 saturated carbocycles. The van der Waals surface area contributed by atoms with Crippen LogP contribution in [0.4, 0.5) is 11.8 Å². The molecule has 0 spiro atoms. The van der Waals surface area contributed by atoms with Gasteiger partial charge in [-0.15, -0.1) is 0 Å². The van der Waals surface area contributed by atoms with E-state index in [1.54, 1.807) is 13.2 Å². The summed E-state index contributed by atoms with van der Waals surface area (Å²) in [6.07, 6.45) is 0.873. The summed E-state index contributed by atoms with van der Waals surface area (Å²) < 4.78 is 10.4. The number of carbonyl (C=O) groups is 1. The molecule has 3 rings (SSSR count). The van der Waals surface area contributed by atoms with Gasteiger partial charge in [-0.05, 0) is 12.0 Å². The van der Waals surface area contributed by atoms with E-state index >= 15 is 0 Å². The molecule has 0 bridgehead atoms. The Morgan fingerprint density at radius 1 is 1.24 bits per heavy atom. The van der Waals surface area contributed by atoms with Gasteiger partial charge in [0.25, 0.3) is 5.91 Å². The highest BCUT2D eigenvalue weighted by molar-refractivity contribution is 5.93. The second kappa shape index (κ2) is 10.7.